The number of hydrogen-bond donors (Lipinski definition) is 0. The SMILES string of the molecule is CC(=CC=O)C[C]=O. The molecular weight excluding hydrogens is 104 g/mol. The van der Waals surface area contributed by atoms with Crippen LogP contribution in [0.25, 0.3) is 0 Å². The van der Waals surface area contributed by atoms with Crippen molar-refractivity contribution in [2.75, 3.05) is 0 Å². The molecule has 0 atom stereocenters. The molecule has 0 saturated carbocycles. The highest BCUT2D eigenvalue weighted by molar-refractivity contribution is 5.68. The van der Waals surface area contributed by atoms with Gasteiger partial charge in [0.15, 0.2) is 0 Å². The Morgan fingerprint density at radius 1 is 1.75 bits per heavy atom. The highest BCUT2D eigenvalue weighted by atomic mass is 16.1. The molecule has 0 amide bonds. The predicted octanol–water partition coefficient (Wildman–Crippen LogP) is 0.631. The molecule has 0 aliphatic rings. The zero-order valence-electron chi connectivity index (χ0n) is 4.68. The molecule has 2 heteroatoms. The largest absolute Gasteiger partial charge is 0.299 e. The van der Waals surface area contributed by atoms with Crippen molar-refractivity contribution in [3.05, 3.63) is 11.6 Å². The highest BCUT2D eigenvalue weighted by Crippen LogP contribution is 1.92. The molecule has 0 fully saturated rings. The molecule has 2 nitrogen and oxygen atoms in total. The van der Waals surface area contributed by atoms with Crippen LogP contribution in [0.4, 0.5) is 0 Å². The Balaban J connectivity index is 3.60. The van der Waals surface area contributed by atoms with Crippen LogP contribution in [-0.4, -0.2) is 12.6 Å². The Morgan fingerprint density at radius 3 is 2.75 bits per heavy atom. The molecule has 0 rings (SSSR count). The Morgan fingerprint density at radius 2 is 2.38 bits per heavy atom. The lowest BCUT2D eigenvalue weighted by molar-refractivity contribution is -0.104. The Kier molecular flexibility index (Phi) is 3.76. The number of carbonyl (C=O) groups excluding carboxylic acids is 2. The standard InChI is InChI=1S/C6H7O2/c1-6(2-4-7)3-5-8/h2,4H,3H2,1H3. The Hall–Kier alpha value is -0.920. The van der Waals surface area contributed by atoms with Crippen LogP contribution in [0.5, 0.6) is 0 Å². The second-order valence-corrected chi connectivity index (χ2v) is 1.47. The number of carbonyl (C=O) groups is 1. The Bertz CT molecular complexity index is 114. The van der Waals surface area contributed by atoms with Crippen LogP contribution in [0.15, 0.2) is 11.6 Å². The average molecular weight is 111 g/mol. The predicted molar refractivity (Wildman–Crippen MR) is 30.1 cm³/mol. The third kappa shape index (κ3) is 3.28. The van der Waals surface area contributed by atoms with Crippen molar-refractivity contribution in [2.45, 2.75) is 13.3 Å². The van der Waals surface area contributed by atoms with E-state index in [2.05, 4.69) is 0 Å². The molecule has 0 aromatic heterocycles. The quantitative estimate of drug-likeness (QED) is 0.395. The smallest absolute Gasteiger partial charge is 0.202 e. The minimum absolute atomic E-state index is 0.235. The zero-order valence-corrected chi connectivity index (χ0v) is 4.68. The molecule has 0 saturated heterocycles. The normalized spacial score (nSPS) is 10.9. The summed E-state index contributed by atoms with van der Waals surface area (Å²) in [5.74, 6) is 0. The van der Waals surface area contributed by atoms with Gasteiger partial charge in [-0.25, -0.2) is 0 Å². The van der Waals surface area contributed by atoms with Gasteiger partial charge in [-0.3, -0.25) is 9.59 Å². The lowest BCUT2D eigenvalue weighted by atomic mass is 10.2. The summed E-state index contributed by atoms with van der Waals surface area (Å²) in [6.45, 7) is 1.71. The summed E-state index contributed by atoms with van der Waals surface area (Å²) >= 11 is 0. The van der Waals surface area contributed by atoms with E-state index in [0.29, 0.717) is 6.29 Å². The minimum atomic E-state index is 0.235. The van der Waals surface area contributed by atoms with Crippen molar-refractivity contribution in [1.82, 2.24) is 0 Å². The molecule has 0 aliphatic heterocycles. The molecule has 0 N–H and O–H groups in total. The fourth-order valence-electron chi connectivity index (χ4n) is 0.289. The van der Waals surface area contributed by atoms with Crippen LogP contribution < -0.4 is 0 Å². The summed E-state index contributed by atoms with van der Waals surface area (Å²) in [7, 11) is 0. The van der Waals surface area contributed by atoms with E-state index >= 15 is 0 Å². The first-order valence-corrected chi connectivity index (χ1v) is 2.27. The van der Waals surface area contributed by atoms with Crippen LogP contribution in [0, 0.1) is 0 Å². The number of allylic oxidation sites excluding steroid dienone is 2. The molecule has 1 radical (unpaired) electrons. The molecule has 0 aromatic rings. The summed E-state index contributed by atoms with van der Waals surface area (Å²) in [6, 6.07) is 0. The summed E-state index contributed by atoms with van der Waals surface area (Å²) in [5.41, 5.74) is 0.745. The lowest BCUT2D eigenvalue weighted by Gasteiger charge is -1.83. The number of rotatable bonds is 3. The molecule has 0 spiro atoms. The summed E-state index contributed by atoms with van der Waals surface area (Å²) < 4.78 is 0. The van der Waals surface area contributed by atoms with Crippen molar-refractivity contribution >= 4 is 12.6 Å². The van der Waals surface area contributed by atoms with E-state index in [-0.39, 0.29) is 6.42 Å². The minimum Gasteiger partial charge on any atom is -0.299 e. The molecule has 0 aliphatic carbocycles. The van der Waals surface area contributed by atoms with E-state index in [1.54, 1.807) is 13.2 Å². The number of aldehydes is 1. The lowest BCUT2D eigenvalue weighted by Crippen LogP contribution is -1.77. The van der Waals surface area contributed by atoms with E-state index in [1.165, 1.54) is 6.08 Å². The highest BCUT2D eigenvalue weighted by Gasteiger charge is 1.83. The maximum Gasteiger partial charge on any atom is 0.202 e. The second kappa shape index (κ2) is 4.24. The average Bonchev–Trinajstić information content (AvgIpc) is 1.68. The summed E-state index contributed by atoms with van der Waals surface area (Å²) in [5, 5.41) is 0. The fraction of sp³-hybridized carbons (Fsp3) is 0.333. The van der Waals surface area contributed by atoms with Gasteiger partial charge in [-0.1, -0.05) is 5.57 Å². The van der Waals surface area contributed by atoms with Crippen molar-refractivity contribution in [1.29, 1.82) is 0 Å². The van der Waals surface area contributed by atoms with E-state index in [1.807, 2.05) is 0 Å². The third-order valence-electron chi connectivity index (χ3n) is 0.704. The van der Waals surface area contributed by atoms with Crippen molar-refractivity contribution in [2.24, 2.45) is 0 Å². The maximum absolute atomic E-state index is 9.68. The summed E-state index contributed by atoms with van der Waals surface area (Å²) in [4.78, 5) is 19.3. The van der Waals surface area contributed by atoms with E-state index in [4.69, 9.17) is 0 Å². The van der Waals surface area contributed by atoms with Gasteiger partial charge in [-0.2, -0.15) is 0 Å². The van der Waals surface area contributed by atoms with Gasteiger partial charge in [0.05, 0.1) is 0 Å². The van der Waals surface area contributed by atoms with Gasteiger partial charge in [-0.05, 0) is 13.0 Å². The van der Waals surface area contributed by atoms with Crippen LogP contribution in [0.3, 0.4) is 0 Å². The first-order chi connectivity index (χ1) is 3.81. The summed E-state index contributed by atoms with van der Waals surface area (Å²) in [6.07, 6.45) is 3.92. The molecule has 0 heterocycles. The molecule has 0 aromatic carbocycles. The zero-order chi connectivity index (χ0) is 6.41. The molecule has 0 bridgehead atoms. The van der Waals surface area contributed by atoms with Gasteiger partial charge in [0.25, 0.3) is 0 Å². The van der Waals surface area contributed by atoms with Gasteiger partial charge in [0, 0.05) is 6.42 Å². The first-order valence-electron chi connectivity index (χ1n) is 2.27. The van der Waals surface area contributed by atoms with E-state index < -0.39 is 0 Å². The third-order valence-corrected chi connectivity index (χ3v) is 0.704. The number of hydrogen-bond acceptors (Lipinski definition) is 2. The van der Waals surface area contributed by atoms with Crippen LogP contribution in [0.1, 0.15) is 13.3 Å². The molecular formula is C6H7O2. The van der Waals surface area contributed by atoms with Crippen molar-refractivity contribution in [3.8, 4) is 0 Å². The van der Waals surface area contributed by atoms with Crippen molar-refractivity contribution in [3.63, 3.8) is 0 Å². The van der Waals surface area contributed by atoms with Gasteiger partial charge >= 0.3 is 0 Å². The van der Waals surface area contributed by atoms with E-state index in [9.17, 15) is 9.59 Å². The Labute approximate surface area is 48.2 Å². The van der Waals surface area contributed by atoms with Crippen molar-refractivity contribution < 1.29 is 9.59 Å². The monoisotopic (exact) mass is 111 g/mol. The van der Waals surface area contributed by atoms with Gasteiger partial charge < -0.3 is 0 Å². The van der Waals surface area contributed by atoms with Gasteiger partial charge in [-0.15, -0.1) is 0 Å². The first kappa shape index (κ1) is 7.08. The van der Waals surface area contributed by atoms with Crippen LogP contribution in [0.2, 0.25) is 0 Å². The fourth-order valence-corrected chi connectivity index (χ4v) is 0.289. The van der Waals surface area contributed by atoms with Gasteiger partial charge in [0.1, 0.15) is 6.29 Å². The maximum atomic E-state index is 9.68. The topological polar surface area (TPSA) is 34.1 Å². The molecule has 8 heavy (non-hydrogen) atoms. The van der Waals surface area contributed by atoms with Crippen LogP contribution in [-0.2, 0) is 9.59 Å². The van der Waals surface area contributed by atoms with Gasteiger partial charge in [0.2, 0.25) is 6.29 Å². The van der Waals surface area contributed by atoms with Crippen LogP contribution >= 0.6 is 0 Å². The molecule has 0 unspecified atom stereocenters. The second-order valence-electron chi connectivity index (χ2n) is 1.47. The molecule has 43 valence electrons. The van der Waals surface area contributed by atoms with E-state index in [0.717, 1.165) is 5.57 Å².